The van der Waals surface area contributed by atoms with Crippen LogP contribution in [0.5, 0.6) is 5.75 Å². The first-order valence-corrected chi connectivity index (χ1v) is 12.5. The maximum absolute atomic E-state index is 13.7. The summed E-state index contributed by atoms with van der Waals surface area (Å²) in [7, 11) is 0. The molecule has 35 heavy (non-hydrogen) atoms. The summed E-state index contributed by atoms with van der Waals surface area (Å²) in [5, 5.41) is 0.510. The third-order valence-electron chi connectivity index (χ3n) is 6.84. The van der Waals surface area contributed by atoms with E-state index >= 15 is 0 Å². The van der Waals surface area contributed by atoms with Crippen molar-refractivity contribution in [1.82, 2.24) is 9.80 Å². The van der Waals surface area contributed by atoms with Crippen molar-refractivity contribution in [3.8, 4) is 5.75 Å². The lowest BCUT2D eigenvalue weighted by Gasteiger charge is -2.31. The van der Waals surface area contributed by atoms with E-state index in [-0.39, 0.29) is 17.1 Å². The van der Waals surface area contributed by atoms with Gasteiger partial charge in [-0.25, -0.2) is 0 Å². The molecule has 3 aromatic rings. The Balaban J connectivity index is 1.52. The highest BCUT2D eigenvalue weighted by atomic mass is 16.5. The number of ether oxygens (including phenoxy) is 2. The molecule has 0 bridgehead atoms. The van der Waals surface area contributed by atoms with Crippen LogP contribution in [0, 0.1) is 6.92 Å². The highest BCUT2D eigenvalue weighted by molar-refractivity contribution is 5.99. The van der Waals surface area contributed by atoms with Crippen molar-refractivity contribution in [2.75, 3.05) is 46.0 Å². The van der Waals surface area contributed by atoms with Gasteiger partial charge in [-0.1, -0.05) is 37.1 Å². The highest BCUT2D eigenvalue weighted by Crippen LogP contribution is 2.38. The van der Waals surface area contributed by atoms with Crippen LogP contribution in [0.4, 0.5) is 0 Å². The van der Waals surface area contributed by atoms with Gasteiger partial charge in [0.05, 0.1) is 36.8 Å². The molecular weight excluding hydrogens is 444 g/mol. The zero-order chi connectivity index (χ0) is 24.4. The summed E-state index contributed by atoms with van der Waals surface area (Å²) in [6.07, 6.45) is 2.06. The van der Waals surface area contributed by atoms with E-state index in [1.165, 1.54) is 0 Å². The van der Waals surface area contributed by atoms with Gasteiger partial charge in [0.2, 0.25) is 5.76 Å². The topological polar surface area (TPSA) is 72.2 Å². The summed E-state index contributed by atoms with van der Waals surface area (Å²) in [6, 6.07) is 12.7. The molecule has 5 rings (SSSR count). The molecule has 7 heteroatoms. The largest absolute Gasteiger partial charge is 0.494 e. The minimum absolute atomic E-state index is 0.138. The van der Waals surface area contributed by atoms with Gasteiger partial charge < -0.3 is 18.8 Å². The van der Waals surface area contributed by atoms with E-state index < -0.39 is 6.04 Å². The second kappa shape index (κ2) is 10.2. The zero-order valence-electron chi connectivity index (χ0n) is 20.4. The van der Waals surface area contributed by atoms with Crippen molar-refractivity contribution < 1.29 is 18.7 Å². The van der Waals surface area contributed by atoms with E-state index in [4.69, 9.17) is 13.9 Å². The molecule has 1 fully saturated rings. The normalized spacial score (nSPS) is 18.3. The summed E-state index contributed by atoms with van der Waals surface area (Å²) < 4.78 is 17.3. The fourth-order valence-electron chi connectivity index (χ4n) is 4.87. The third-order valence-corrected chi connectivity index (χ3v) is 6.84. The van der Waals surface area contributed by atoms with Crippen LogP contribution < -0.4 is 10.2 Å². The Labute approximate surface area is 205 Å². The fraction of sp³-hybridized carbons (Fsp3) is 0.429. The third kappa shape index (κ3) is 4.70. The maximum Gasteiger partial charge on any atom is 0.290 e. The average Bonchev–Trinajstić information content (AvgIpc) is 3.16. The second-order valence-corrected chi connectivity index (χ2v) is 9.30. The number of rotatable bonds is 8. The first-order valence-electron chi connectivity index (χ1n) is 12.5. The van der Waals surface area contributed by atoms with Crippen LogP contribution in [-0.4, -0.2) is 61.7 Å². The Morgan fingerprint density at radius 2 is 1.80 bits per heavy atom. The van der Waals surface area contributed by atoms with Gasteiger partial charge >= 0.3 is 0 Å². The van der Waals surface area contributed by atoms with E-state index in [2.05, 4.69) is 11.8 Å². The van der Waals surface area contributed by atoms with Gasteiger partial charge in [-0.15, -0.1) is 0 Å². The Bertz CT molecular complexity index is 1260. The number of hydrogen-bond donors (Lipinski definition) is 0. The van der Waals surface area contributed by atoms with Gasteiger partial charge in [-0.3, -0.25) is 14.5 Å². The van der Waals surface area contributed by atoms with Crippen LogP contribution in [0.1, 0.15) is 53.1 Å². The number of hydrogen-bond acceptors (Lipinski definition) is 6. The first-order chi connectivity index (χ1) is 17.1. The number of aryl methyl sites for hydroxylation is 1. The molecule has 1 atom stereocenters. The Hall–Kier alpha value is -3.16. The molecule has 0 radical (unpaired) electrons. The van der Waals surface area contributed by atoms with Gasteiger partial charge in [0.1, 0.15) is 11.3 Å². The SMILES string of the molecule is CCCCOc1ccc(C2c3c(oc4ccc(C)cc4c3=O)C(=O)N2CCN2CCOCC2)cc1. The van der Waals surface area contributed by atoms with Crippen molar-refractivity contribution in [3.63, 3.8) is 0 Å². The van der Waals surface area contributed by atoms with Crippen LogP contribution in [0.2, 0.25) is 0 Å². The number of fused-ring (bicyclic) bond motifs is 2. The van der Waals surface area contributed by atoms with Gasteiger partial charge in [-0.2, -0.15) is 0 Å². The molecule has 184 valence electrons. The first kappa shape index (κ1) is 23.6. The van der Waals surface area contributed by atoms with Crippen molar-refractivity contribution in [2.24, 2.45) is 0 Å². The predicted octanol–water partition coefficient (Wildman–Crippen LogP) is 4.16. The Morgan fingerprint density at radius 1 is 1.03 bits per heavy atom. The van der Waals surface area contributed by atoms with E-state index in [9.17, 15) is 9.59 Å². The number of carbonyl (C=O) groups excluding carboxylic acids is 1. The number of benzene rings is 2. The summed E-state index contributed by atoms with van der Waals surface area (Å²) in [5.41, 5.74) is 2.58. The van der Waals surface area contributed by atoms with E-state index in [1.807, 2.05) is 43.3 Å². The lowest BCUT2D eigenvalue weighted by molar-refractivity contribution is 0.0314. The van der Waals surface area contributed by atoms with E-state index in [1.54, 1.807) is 11.0 Å². The summed E-state index contributed by atoms with van der Waals surface area (Å²) >= 11 is 0. The minimum atomic E-state index is -0.496. The molecule has 1 saturated heterocycles. The number of morpholine rings is 1. The average molecular weight is 477 g/mol. The van der Waals surface area contributed by atoms with E-state index in [0.717, 1.165) is 42.8 Å². The molecule has 0 aliphatic carbocycles. The van der Waals surface area contributed by atoms with Gasteiger partial charge in [0.15, 0.2) is 5.43 Å². The number of nitrogens with zero attached hydrogens (tertiary/aromatic N) is 2. The molecule has 2 aliphatic heterocycles. The molecule has 1 amide bonds. The molecule has 0 spiro atoms. The Kier molecular flexibility index (Phi) is 6.88. The standard InChI is InChI=1S/C28H32N2O5/c1-3-4-15-34-21-8-6-20(7-9-21)25-24-26(31)22-18-19(2)5-10-23(22)35-27(24)28(32)30(25)12-11-29-13-16-33-17-14-29/h5-10,18,25H,3-4,11-17H2,1-2H3. The molecule has 3 heterocycles. The van der Waals surface area contributed by atoms with Gasteiger partial charge in [0.25, 0.3) is 5.91 Å². The second-order valence-electron chi connectivity index (χ2n) is 9.30. The molecule has 0 saturated carbocycles. The molecule has 1 unspecified atom stereocenters. The smallest absolute Gasteiger partial charge is 0.290 e. The number of unbranched alkanes of at least 4 members (excludes halogenated alkanes) is 1. The van der Waals surface area contributed by atoms with Crippen LogP contribution >= 0.6 is 0 Å². The van der Waals surface area contributed by atoms with Crippen LogP contribution in [0.15, 0.2) is 51.7 Å². The number of amides is 1. The van der Waals surface area contributed by atoms with Crippen LogP contribution in [-0.2, 0) is 4.74 Å². The predicted molar refractivity (Wildman–Crippen MR) is 134 cm³/mol. The van der Waals surface area contributed by atoms with Crippen molar-refractivity contribution in [3.05, 3.63) is 75.1 Å². The molecule has 0 N–H and O–H groups in total. The summed E-state index contributed by atoms with van der Waals surface area (Å²) in [6.45, 7) is 9.02. The lowest BCUT2D eigenvalue weighted by atomic mass is 9.98. The van der Waals surface area contributed by atoms with Crippen LogP contribution in [0.3, 0.4) is 0 Å². The van der Waals surface area contributed by atoms with Crippen molar-refractivity contribution in [1.29, 1.82) is 0 Å². The molecule has 2 aliphatic rings. The van der Waals surface area contributed by atoms with Crippen molar-refractivity contribution in [2.45, 2.75) is 32.7 Å². The number of carbonyl (C=O) groups is 1. The maximum atomic E-state index is 13.7. The van der Waals surface area contributed by atoms with E-state index in [0.29, 0.717) is 49.4 Å². The highest BCUT2D eigenvalue weighted by Gasteiger charge is 2.42. The molecular formula is C28H32N2O5. The molecule has 2 aromatic carbocycles. The summed E-state index contributed by atoms with van der Waals surface area (Å²) in [5.74, 6) is 0.704. The molecule has 7 nitrogen and oxygen atoms in total. The zero-order valence-corrected chi connectivity index (χ0v) is 20.4. The van der Waals surface area contributed by atoms with Crippen LogP contribution in [0.25, 0.3) is 11.0 Å². The van der Waals surface area contributed by atoms with Gasteiger partial charge in [-0.05, 0) is 43.2 Å². The molecule has 1 aromatic heterocycles. The fourth-order valence-corrected chi connectivity index (χ4v) is 4.87. The minimum Gasteiger partial charge on any atom is -0.494 e. The van der Waals surface area contributed by atoms with Gasteiger partial charge in [0, 0.05) is 26.2 Å². The quantitative estimate of drug-likeness (QED) is 0.455. The Morgan fingerprint density at radius 3 is 2.54 bits per heavy atom. The summed E-state index contributed by atoms with van der Waals surface area (Å²) in [4.78, 5) is 31.4. The van der Waals surface area contributed by atoms with Crippen molar-refractivity contribution >= 4 is 16.9 Å². The lowest BCUT2D eigenvalue weighted by Crippen LogP contribution is -2.42. The monoisotopic (exact) mass is 476 g/mol.